The lowest BCUT2D eigenvalue weighted by atomic mass is 10.1. The lowest BCUT2D eigenvalue weighted by Gasteiger charge is -2.35. The summed E-state index contributed by atoms with van der Waals surface area (Å²) in [7, 11) is 0. The van der Waals surface area contributed by atoms with E-state index in [1.165, 1.54) is 5.56 Å². The molecule has 180 valence electrons. The third-order valence-electron chi connectivity index (χ3n) is 5.88. The van der Waals surface area contributed by atoms with Crippen LogP contribution in [-0.2, 0) is 17.6 Å². The zero-order valence-corrected chi connectivity index (χ0v) is 20.6. The van der Waals surface area contributed by atoms with E-state index in [-0.39, 0.29) is 18.5 Å². The van der Waals surface area contributed by atoms with Crippen LogP contribution < -0.4 is 15.4 Å². The fourth-order valence-electron chi connectivity index (χ4n) is 4.03. The highest BCUT2D eigenvalue weighted by atomic mass is 35.5. The number of halogens is 1. The number of piperazine rings is 1. The minimum atomic E-state index is -0.0520. The Balaban J connectivity index is 1.22. The zero-order chi connectivity index (χ0) is 24.2. The number of carbonyl (C=O) groups is 1. The molecule has 1 saturated heterocycles. The van der Waals surface area contributed by atoms with E-state index in [4.69, 9.17) is 27.1 Å². The van der Waals surface area contributed by atoms with Gasteiger partial charge in [0.25, 0.3) is 5.91 Å². The molecule has 2 aromatic heterocycles. The summed E-state index contributed by atoms with van der Waals surface area (Å²) < 4.78 is 5.61. The van der Waals surface area contributed by atoms with E-state index >= 15 is 0 Å². The number of hydrogen-bond acceptors (Lipinski definition) is 8. The number of nitrogens with zero attached hydrogens (tertiary/aromatic N) is 5. The molecule has 4 aromatic rings. The zero-order valence-electron chi connectivity index (χ0n) is 19.1. The molecule has 0 atom stereocenters. The van der Waals surface area contributed by atoms with Crippen LogP contribution in [0.25, 0.3) is 10.3 Å². The van der Waals surface area contributed by atoms with Gasteiger partial charge in [0.2, 0.25) is 5.95 Å². The van der Waals surface area contributed by atoms with Crippen LogP contribution in [0.1, 0.15) is 10.6 Å². The monoisotopic (exact) mass is 508 g/mol. The van der Waals surface area contributed by atoms with Crippen molar-refractivity contribution in [3.05, 3.63) is 70.2 Å². The van der Waals surface area contributed by atoms with Crippen molar-refractivity contribution in [3.8, 4) is 5.75 Å². The molecule has 2 N–H and O–H groups in total. The van der Waals surface area contributed by atoms with E-state index in [9.17, 15) is 4.79 Å². The molecule has 8 nitrogen and oxygen atoms in total. The van der Waals surface area contributed by atoms with Crippen molar-refractivity contribution >= 4 is 51.0 Å². The predicted octanol–water partition coefficient (Wildman–Crippen LogP) is 3.83. The highest BCUT2D eigenvalue weighted by Gasteiger charge is 2.25. The Morgan fingerprint density at radius 2 is 1.71 bits per heavy atom. The van der Waals surface area contributed by atoms with Gasteiger partial charge in [-0.3, -0.25) is 4.79 Å². The number of ether oxygens (including phenoxy) is 1. The van der Waals surface area contributed by atoms with Crippen LogP contribution in [0.5, 0.6) is 5.75 Å². The first-order chi connectivity index (χ1) is 17.0. The van der Waals surface area contributed by atoms with Crippen LogP contribution >= 0.6 is 22.9 Å². The minimum absolute atomic E-state index is 0.0107. The number of carbonyl (C=O) groups excluding carboxylic acids is 1. The molecule has 0 spiro atoms. The van der Waals surface area contributed by atoms with Crippen LogP contribution in [0, 0.1) is 0 Å². The van der Waals surface area contributed by atoms with Gasteiger partial charge in [0, 0.05) is 37.6 Å². The molecule has 1 aliphatic heterocycles. The van der Waals surface area contributed by atoms with Gasteiger partial charge in [-0.05, 0) is 36.2 Å². The first kappa shape index (κ1) is 23.3. The van der Waals surface area contributed by atoms with Crippen molar-refractivity contribution in [2.75, 3.05) is 43.4 Å². The van der Waals surface area contributed by atoms with E-state index in [0.717, 1.165) is 34.0 Å². The molecule has 5 rings (SSSR count). The van der Waals surface area contributed by atoms with Gasteiger partial charge < -0.3 is 20.3 Å². The Hall–Kier alpha value is -3.43. The molecule has 0 radical (unpaired) electrons. The van der Waals surface area contributed by atoms with Gasteiger partial charge in [-0.1, -0.05) is 53.3 Å². The summed E-state index contributed by atoms with van der Waals surface area (Å²) in [4.78, 5) is 31.1. The van der Waals surface area contributed by atoms with Crippen LogP contribution in [0.4, 0.5) is 11.8 Å². The van der Waals surface area contributed by atoms with Crippen molar-refractivity contribution in [3.63, 3.8) is 0 Å². The highest BCUT2D eigenvalue weighted by molar-refractivity contribution is 7.18. The number of thiazole rings is 1. The molecular formula is C25H25ClN6O2S. The predicted molar refractivity (Wildman–Crippen MR) is 139 cm³/mol. The number of nitrogen functional groups attached to an aromatic ring is 1. The first-order valence-corrected chi connectivity index (χ1v) is 12.6. The van der Waals surface area contributed by atoms with Gasteiger partial charge in [-0.15, -0.1) is 0 Å². The molecule has 1 amide bonds. The standard InChI is InChI=1S/C25H25ClN6O2S/c26-18-7-9-19(10-8-18)34-16-21(33)31-12-14-32(15-13-31)23-22-24(30-25(27)29-23)35-20(28-22)11-6-17-4-2-1-3-5-17/h1-5,7-10H,6,11-16H2,(H2,27,29,30). The Morgan fingerprint density at radius 3 is 2.46 bits per heavy atom. The molecule has 1 fully saturated rings. The summed E-state index contributed by atoms with van der Waals surface area (Å²) >= 11 is 7.45. The second-order valence-electron chi connectivity index (χ2n) is 8.26. The number of anilines is 2. The summed E-state index contributed by atoms with van der Waals surface area (Å²) in [5.74, 6) is 1.54. The molecule has 10 heteroatoms. The summed E-state index contributed by atoms with van der Waals surface area (Å²) in [6, 6.07) is 17.3. The van der Waals surface area contributed by atoms with Gasteiger partial charge in [0.15, 0.2) is 17.3 Å². The number of aromatic nitrogens is 3. The summed E-state index contributed by atoms with van der Waals surface area (Å²) in [6.07, 6.45) is 1.75. The quantitative estimate of drug-likeness (QED) is 0.405. The third kappa shape index (κ3) is 5.63. The Bertz CT molecular complexity index is 1310. The molecule has 0 unspecified atom stereocenters. The van der Waals surface area contributed by atoms with Gasteiger partial charge in [0.05, 0.1) is 5.01 Å². The third-order valence-corrected chi connectivity index (χ3v) is 7.14. The maximum Gasteiger partial charge on any atom is 0.260 e. The fraction of sp³-hybridized carbons (Fsp3) is 0.280. The summed E-state index contributed by atoms with van der Waals surface area (Å²) in [6.45, 7) is 2.39. The minimum Gasteiger partial charge on any atom is -0.484 e. The maximum absolute atomic E-state index is 12.6. The second kappa shape index (κ2) is 10.5. The smallest absolute Gasteiger partial charge is 0.260 e. The van der Waals surface area contributed by atoms with Gasteiger partial charge in [-0.2, -0.15) is 4.98 Å². The van der Waals surface area contributed by atoms with Gasteiger partial charge in [-0.25, -0.2) is 9.97 Å². The van der Waals surface area contributed by atoms with Crippen LogP contribution in [-0.4, -0.2) is 58.5 Å². The van der Waals surface area contributed by atoms with E-state index < -0.39 is 0 Å². The van der Waals surface area contributed by atoms with Crippen LogP contribution in [0.15, 0.2) is 54.6 Å². The number of rotatable bonds is 7. The molecular weight excluding hydrogens is 484 g/mol. The van der Waals surface area contributed by atoms with E-state index in [2.05, 4.69) is 27.0 Å². The average Bonchev–Trinajstić information content (AvgIpc) is 3.30. The van der Waals surface area contributed by atoms with Crippen molar-refractivity contribution < 1.29 is 9.53 Å². The lowest BCUT2D eigenvalue weighted by Crippen LogP contribution is -2.50. The summed E-state index contributed by atoms with van der Waals surface area (Å²) in [5, 5.41) is 1.64. The van der Waals surface area contributed by atoms with Crippen molar-refractivity contribution in [1.29, 1.82) is 0 Å². The van der Waals surface area contributed by atoms with E-state index in [0.29, 0.717) is 37.0 Å². The molecule has 0 saturated carbocycles. The van der Waals surface area contributed by atoms with Crippen LogP contribution in [0.3, 0.4) is 0 Å². The Morgan fingerprint density at radius 1 is 0.971 bits per heavy atom. The van der Waals surface area contributed by atoms with Crippen molar-refractivity contribution in [2.45, 2.75) is 12.8 Å². The van der Waals surface area contributed by atoms with Crippen molar-refractivity contribution in [2.24, 2.45) is 0 Å². The molecule has 2 aromatic carbocycles. The normalized spacial score (nSPS) is 13.9. The molecule has 0 aliphatic carbocycles. The molecule has 35 heavy (non-hydrogen) atoms. The molecule has 1 aliphatic rings. The number of aryl methyl sites for hydroxylation is 2. The van der Waals surface area contributed by atoms with Gasteiger partial charge >= 0.3 is 0 Å². The first-order valence-electron chi connectivity index (χ1n) is 11.4. The van der Waals surface area contributed by atoms with Crippen molar-refractivity contribution in [1.82, 2.24) is 19.9 Å². The number of amides is 1. The Labute approximate surface area is 212 Å². The Kier molecular flexibility index (Phi) is 6.96. The maximum atomic E-state index is 12.6. The number of nitrogens with two attached hydrogens (primary N) is 1. The average molecular weight is 509 g/mol. The van der Waals surface area contributed by atoms with Crippen LogP contribution in [0.2, 0.25) is 5.02 Å². The highest BCUT2D eigenvalue weighted by Crippen LogP contribution is 2.30. The van der Waals surface area contributed by atoms with E-state index in [1.54, 1.807) is 40.5 Å². The molecule has 3 heterocycles. The SMILES string of the molecule is Nc1nc(N2CCN(C(=O)COc3ccc(Cl)cc3)CC2)c2nc(CCc3ccccc3)sc2n1. The van der Waals surface area contributed by atoms with Gasteiger partial charge in [0.1, 0.15) is 11.3 Å². The fourth-order valence-corrected chi connectivity index (χ4v) is 5.09. The second-order valence-corrected chi connectivity index (χ2v) is 9.76. The largest absolute Gasteiger partial charge is 0.484 e. The topological polar surface area (TPSA) is 97.5 Å². The number of hydrogen-bond donors (Lipinski definition) is 1. The lowest BCUT2D eigenvalue weighted by molar-refractivity contribution is -0.133. The van der Waals surface area contributed by atoms with E-state index in [1.807, 2.05) is 18.2 Å². The number of benzene rings is 2. The number of fused-ring (bicyclic) bond motifs is 1. The molecule has 0 bridgehead atoms. The summed E-state index contributed by atoms with van der Waals surface area (Å²) in [5.41, 5.74) is 8.08.